The van der Waals surface area contributed by atoms with Gasteiger partial charge in [0.2, 0.25) is 5.91 Å². The van der Waals surface area contributed by atoms with Gasteiger partial charge < -0.3 is 20.1 Å². The average Bonchev–Trinajstić information content (AvgIpc) is 2.78. The molecule has 6 nitrogen and oxygen atoms in total. The second kappa shape index (κ2) is 10.6. The lowest BCUT2D eigenvalue weighted by Gasteiger charge is -2.33. The summed E-state index contributed by atoms with van der Waals surface area (Å²) in [7, 11) is 0. The molecule has 34 heavy (non-hydrogen) atoms. The van der Waals surface area contributed by atoms with Crippen molar-refractivity contribution in [1.82, 2.24) is 4.90 Å². The fraction of sp³-hybridized carbons (Fsp3) is 0.500. The number of amides is 2. The minimum atomic E-state index is -0.658. The van der Waals surface area contributed by atoms with E-state index < -0.39 is 11.8 Å². The maximum atomic E-state index is 12.8. The summed E-state index contributed by atoms with van der Waals surface area (Å²) in [5.41, 5.74) is 8.44. The maximum Gasteiger partial charge on any atom is 0.254 e. The van der Waals surface area contributed by atoms with Crippen LogP contribution < -0.4 is 10.5 Å². The molecule has 0 spiro atoms. The van der Waals surface area contributed by atoms with Crippen LogP contribution in [0.25, 0.3) is 0 Å². The third-order valence-electron chi connectivity index (χ3n) is 6.20. The Hall–Kier alpha value is -2.86. The molecule has 1 unspecified atom stereocenters. The van der Waals surface area contributed by atoms with Crippen LogP contribution in [-0.2, 0) is 14.9 Å². The van der Waals surface area contributed by atoms with Gasteiger partial charge in [0.15, 0.2) is 0 Å². The molecule has 3 rings (SSSR count). The van der Waals surface area contributed by atoms with Crippen LogP contribution in [-0.4, -0.2) is 49.6 Å². The van der Waals surface area contributed by atoms with Gasteiger partial charge in [-0.05, 0) is 52.6 Å². The van der Waals surface area contributed by atoms with Crippen LogP contribution in [0.5, 0.6) is 5.75 Å². The van der Waals surface area contributed by atoms with Crippen molar-refractivity contribution in [3.8, 4) is 5.75 Å². The van der Waals surface area contributed by atoms with Crippen LogP contribution in [0, 0.1) is 5.41 Å². The van der Waals surface area contributed by atoms with E-state index in [1.54, 1.807) is 23.1 Å². The van der Waals surface area contributed by atoms with Gasteiger partial charge in [0, 0.05) is 18.7 Å². The predicted octanol–water partition coefficient (Wildman–Crippen LogP) is 4.52. The summed E-state index contributed by atoms with van der Waals surface area (Å²) < 4.78 is 11.3. The molecular formula is C28H38N2O4. The van der Waals surface area contributed by atoms with Crippen LogP contribution in [0.1, 0.15) is 68.4 Å². The Bertz CT molecular complexity index is 986. The highest BCUT2D eigenvalue weighted by molar-refractivity contribution is 5.95. The van der Waals surface area contributed by atoms with Gasteiger partial charge in [-0.2, -0.15) is 0 Å². The van der Waals surface area contributed by atoms with E-state index in [0.29, 0.717) is 43.2 Å². The molecule has 0 saturated carbocycles. The quantitative estimate of drug-likeness (QED) is 0.620. The fourth-order valence-electron chi connectivity index (χ4n) is 4.79. The van der Waals surface area contributed by atoms with Crippen molar-refractivity contribution in [3.63, 3.8) is 0 Å². The molecule has 0 bridgehead atoms. The van der Waals surface area contributed by atoms with Crippen molar-refractivity contribution in [3.05, 3.63) is 65.2 Å². The molecule has 0 aliphatic carbocycles. The van der Waals surface area contributed by atoms with E-state index in [2.05, 4.69) is 46.8 Å². The van der Waals surface area contributed by atoms with Gasteiger partial charge in [-0.1, -0.05) is 58.9 Å². The zero-order valence-corrected chi connectivity index (χ0v) is 21.1. The van der Waals surface area contributed by atoms with Gasteiger partial charge in [0.25, 0.3) is 5.91 Å². The number of carbonyl (C=O) groups excluding carboxylic acids is 2. The average molecular weight is 467 g/mol. The van der Waals surface area contributed by atoms with Crippen molar-refractivity contribution in [2.45, 2.75) is 52.4 Å². The van der Waals surface area contributed by atoms with Gasteiger partial charge in [0.1, 0.15) is 12.4 Å². The molecular weight excluding hydrogens is 428 g/mol. The lowest BCUT2D eigenvalue weighted by atomic mass is 9.72. The molecule has 1 aliphatic heterocycles. The van der Waals surface area contributed by atoms with Crippen LogP contribution in [0.3, 0.4) is 0 Å². The number of ether oxygens (including phenoxy) is 2. The standard InChI is InChI=1S/C28H38N2O4/c1-27(2,3)19-28(4,5)22-9-11-23(12-10-22)34-18-24(25(29)31)20-7-6-8-21(17-20)26(32)30-13-15-33-16-14-30/h6-12,17,24H,13-16,18-19H2,1-5H3,(H2,29,31). The Morgan fingerprint density at radius 3 is 2.26 bits per heavy atom. The largest absolute Gasteiger partial charge is 0.492 e. The van der Waals surface area contributed by atoms with Gasteiger partial charge in [0.05, 0.1) is 19.1 Å². The number of nitrogens with two attached hydrogens (primary N) is 1. The summed E-state index contributed by atoms with van der Waals surface area (Å²) in [6, 6.07) is 15.2. The normalized spacial score (nSPS) is 15.6. The number of primary amides is 1. The molecule has 184 valence electrons. The lowest BCUT2D eigenvalue weighted by Crippen LogP contribution is -2.40. The molecule has 0 aromatic heterocycles. The van der Waals surface area contributed by atoms with Crippen molar-refractivity contribution >= 4 is 11.8 Å². The highest BCUT2D eigenvalue weighted by atomic mass is 16.5. The first-order valence-electron chi connectivity index (χ1n) is 12.0. The smallest absolute Gasteiger partial charge is 0.254 e. The van der Waals surface area contributed by atoms with Crippen molar-refractivity contribution in [1.29, 1.82) is 0 Å². The second-order valence-electron chi connectivity index (χ2n) is 10.9. The number of morpholine rings is 1. The topological polar surface area (TPSA) is 81.9 Å². The molecule has 1 heterocycles. The zero-order chi connectivity index (χ0) is 24.9. The highest BCUT2D eigenvalue weighted by Crippen LogP contribution is 2.36. The molecule has 2 N–H and O–H groups in total. The minimum absolute atomic E-state index is 0.0417. The molecule has 1 saturated heterocycles. The number of hydrogen-bond acceptors (Lipinski definition) is 4. The van der Waals surface area contributed by atoms with Crippen LogP contribution in [0.15, 0.2) is 48.5 Å². The minimum Gasteiger partial charge on any atom is -0.492 e. The molecule has 2 amide bonds. The van der Waals surface area contributed by atoms with Crippen LogP contribution >= 0.6 is 0 Å². The molecule has 2 aromatic rings. The Kier molecular flexibility index (Phi) is 8.03. The molecule has 6 heteroatoms. The van der Waals surface area contributed by atoms with Gasteiger partial charge in [-0.3, -0.25) is 9.59 Å². The first kappa shape index (κ1) is 25.8. The predicted molar refractivity (Wildman–Crippen MR) is 134 cm³/mol. The van der Waals surface area contributed by atoms with Gasteiger partial charge in [-0.15, -0.1) is 0 Å². The maximum absolute atomic E-state index is 12.8. The molecule has 1 atom stereocenters. The SMILES string of the molecule is CC(C)(C)CC(C)(C)c1ccc(OCC(C(N)=O)c2cccc(C(=O)N3CCOCC3)c2)cc1. The monoisotopic (exact) mass is 466 g/mol. The number of benzene rings is 2. The van der Waals surface area contributed by atoms with E-state index in [4.69, 9.17) is 15.2 Å². The molecule has 1 fully saturated rings. The van der Waals surface area contributed by atoms with Crippen molar-refractivity contribution in [2.75, 3.05) is 32.9 Å². The fourth-order valence-corrected chi connectivity index (χ4v) is 4.79. The lowest BCUT2D eigenvalue weighted by molar-refractivity contribution is -0.120. The van der Waals surface area contributed by atoms with E-state index in [1.807, 2.05) is 18.2 Å². The Balaban J connectivity index is 1.69. The van der Waals surface area contributed by atoms with E-state index >= 15 is 0 Å². The van der Waals surface area contributed by atoms with Gasteiger partial charge in [-0.25, -0.2) is 0 Å². The summed E-state index contributed by atoms with van der Waals surface area (Å²) in [6.07, 6.45) is 1.06. The molecule has 1 aliphatic rings. The first-order chi connectivity index (χ1) is 16.0. The second-order valence-corrected chi connectivity index (χ2v) is 10.9. The number of nitrogens with zero attached hydrogens (tertiary/aromatic N) is 1. The summed E-state index contributed by atoms with van der Waals surface area (Å²) in [6.45, 7) is 13.6. The summed E-state index contributed by atoms with van der Waals surface area (Å²) in [4.78, 5) is 26.9. The van der Waals surface area contributed by atoms with Crippen molar-refractivity contribution < 1.29 is 19.1 Å². The van der Waals surface area contributed by atoms with Crippen molar-refractivity contribution in [2.24, 2.45) is 11.1 Å². The first-order valence-corrected chi connectivity index (χ1v) is 12.0. The Labute approximate surface area is 203 Å². The summed E-state index contributed by atoms with van der Waals surface area (Å²) in [5, 5.41) is 0. The highest BCUT2D eigenvalue weighted by Gasteiger charge is 2.27. The van der Waals surface area contributed by atoms with E-state index in [-0.39, 0.29) is 23.3 Å². The molecule has 2 aromatic carbocycles. The summed E-state index contributed by atoms with van der Waals surface area (Å²) >= 11 is 0. The van der Waals surface area contributed by atoms with E-state index in [1.165, 1.54) is 5.56 Å². The Morgan fingerprint density at radius 2 is 1.68 bits per heavy atom. The van der Waals surface area contributed by atoms with Gasteiger partial charge >= 0.3 is 0 Å². The summed E-state index contributed by atoms with van der Waals surface area (Å²) in [5.74, 6) is -0.529. The number of rotatable bonds is 8. The zero-order valence-electron chi connectivity index (χ0n) is 21.1. The molecule has 0 radical (unpaired) electrons. The third kappa shape index (κ3) is 6.83. The number of carbonyl (C=O) groups is 2. The van der Waals surface area contributed by atoms with Crippen LogP contribution in [0.4, 0.5) is 0 Å². The van der Waals surface area contributed by atoms with Crippen LogP contribution in [0.2, 0.25) is 0 Å². The Morgan fingerprint density at radius 1 is 1.03 bits per heavy atom. The van der Waals surface area contributed by atoms with E-state index in [0.717, 1.165) is 6.42 Å². The van der Waals surface area contributed by atoms with E-state index in [9.17, 15) is 9.59 Å². The third-order valence-corrected chi connectivity index (χ3v) is 6.20. The number of hydrogen-bond donors (Lipinski definition) is 1.